The third-order valence-electron chi connectivity index (χ3n) is 3.98. The molecule has 2 heterocycles. The summed E-state index contributed by atoms with van der Waals surface area (Å²) in [5.41, 5.74) is 3.97. The number of nitrogens with zero attached hydrogens (tertiary/aromatic N) is 3. The molecule has 0 saturated carbocycles. The maximum atomic E-state index is 11.4. The Hall–Kier alpha value is -2.89. The SMILES string of the molecule is COc1ccc(-c2c(C)nn3c(C(C)C)cc(C(=O)O)nc23)cc1. The number of rotatable bonds is 4. The van der Waals surface area contributed by atoms with Crippen molar-refractivity contribution in [3.8, 4) is 16.9 Å². The molecule has 0 saturated heterocycles. The summed E-state index contributed by atoms with van der Waals surface area (Å²) in [6.45, 7) is 5.91. The van der Waals surface area contributed by atoms with Gasteiger partial charge < -0.3 is 9.84 Å². The number of fused-ring (bicyclic) bond motifs is 1. The largest absolute Gasteiger partial charge is 0.497 e. The lowest BCUT2D eigenvalue weighted by Gasteiger charge is -2.10. The van der Waals surface area contributed by atoms with Gasteiger partial charge in [-0.15, -0.1) is 0 Å². The second-order valence-corrected chi connectivity index (χ2v) is 5.95. The lowest BCUT2D eigenvalue weighted by atomic mass is 10.1. The van der Waals surface area contributed by atoms with Crippen molar-refractivity contribution >= 4 is 11.6 Å². The van der Waals surface area contributed by atoms with Crippen LogP contribution in [0.5, 0.6) is 5.75 Å². The summed E-state index contributed by atoms with van der Waals surface area (Å²) in [7, 11) is 1.62. The molecule has 0 aliphatic carbocycles. The molecule has 3 aromatic rings. The maximum Gasteiger partial charge on any atom is 0.354 e. The number of aryl methyl sites for hydroxylation is 1. The number of carboxylic acid groups (broad SMARTS) is 1. The lowest BCUT2D eigenvalue weighted by Crippen LogP contribution is -2.09. The summed E-state index contributed by atoms with van der Waals surface area (Å²) in [6, 6.07) is 9.16. The predicted molar refractivity (Wildman–Crippen MR) is 90.8 cm³/mol. The Morgan fingerprint density at radius 3 is 2.46 bits per heavy atom. The van der Waals surface area contributed by atoms with Gasteiger partial charge in [0.25, 0.3) is 0 Å². The molecule has 0 aliphatic rings. The summed E-state index contributed by atoms with van der Waals surface area (Å²) in [4.78, 5) is 15.8. The number of aromatic carboxylic acids is 1. The van der Waals surface area contributed by atoms with Crippen molar-refractivity contribution in [2.45, 2.75) is 26.7 Å². The Kier molecular flexibility index (Phi) is 3.97. The molecule has 0 atom stereocenters. The molecular formula is C18H19N3O3. The molecule has 1 aromatic carbocycles. The maximum absolute atomic E-state index is 11.4. The molecule has 3 rings (SSSR count). The van der Waals surface area contributed by atoms with Crippen LogP contribution in [0.25, 0.3) is 16.8 Å². The van der Waals surface area contributed by atoms with E-state index in [4.69, 9.17) is 4.74 Å². The number of hydrogen-bond acceptors (Lipinski definition) is 4. The van der Waals surface area contributed by atoms with Crippen LogP contribution in [-0.4, -0.2) is 32.8 Å². The van der Waals surface area contributed by atoms with Gasteiger partial charge in [0.1, 0.15) is 5.75 Å². The van der Waals surface area contributed by atoms with Crippen LogP contribution in [0.1, 0.15) is 41.6 Å². The average molecular weight is 325 g/mol. The first-order valence-electron chi connectivity index (χ1n) is 7.70. The standard InChI is InChI=1S/C18H19N3O3/c1-10(2)15-9-14(18(22)23)19-17-16(11(3)20-21(15)17)12-5-7-13(24-4)8-6-12/h5-10H,1-4H3,(H,22,23). The molecule has 0 unspecified atom stereocenters. The predicted octanol–water partition coefficient (Wildman–Crippen LogP) is 3.53. The van der Waals surface area contributed by atoms with Crippen molar-refractivity contribution in [2.75, 3.05) is 7.11 Å². The number of carbonyl (C=O) groups is 1. The van der Waals surface area contributed by atoms with Gasteiger partial charge >= 0.3 is 5.97 Å². The Labute approximate surface area is 139 Å². The van der Waals surface area contributed by atoms with Crippen LogP contribution in [0.4, 0.5) is 0 Å². The molecule has 6 heteroatoms. The zero-order chi connectivity index (χ0) is 17.4. The van der Waals surface area contributed by atoms with Crippen LogP contribution < -0.4 is 4.74 Å². The smallest absolute Gasteiger partial charge is 0.354 e. The molecule has 2 aromatic heterocycles. The van der Waals surface area contributed by atoms with Crippen molar-refractivity contribution in [3.63, 3.8) is 0 Å². The summed E-state index contributed by atoms with van der Waals surface area (Å²) < 4.78 is 6.93. The minimum atomic E-state index is -1.04. The molecule has 124 valence electrons. The number of carboxylic acids is 1. The third kappa shape index (κ3) is 2.60. The first-order chi connectivity index (χ1) is 11.4. The fourth-order valence-electron chi connectivity index (χ4n) is 2.76. The molecule has 0 fully saturated rings. The van der Waals surface area contributed by atoms with Crippen LogP contribution in [0.15, 0.2) is 30.3 Å². The topological polar surface area (TPSA) is 76.7 Å². The van der Waals surface area contributed by atoms with E-state index in [9.17, 15) is 9.90 Å². The van der Waals surface area contributed by atoms with Crippen molar-refractivity contribution in [1.29, 1.82) is 0 Å². The number of benzene rings is 1. The van der Waals surface area contributed by atoms with Crippen LogP contribution in [0.2, 0.25) is 0 Å². The summed E-state index contributed by atoms with van der Waals surface area (Å²) >= 11 is 0. The summed E-state index contributed by atoms with van der Waals surface area (Å²) in [5, 5.41) is 14.0. The van der Waals surface area contributed by atoms with E-state index in [0.29, 0.717) is 5.65 Å². The Morgan fingerprint density at radius 2 is 1.92 bits per heavy atom. The minimum absolute atomic E-state index is 0.0286. The second kappa shape index (κ2) is 5.96. The molecule has 6 nitrogen and oxygen atoms in total. The van der Waals surface area contributed by atoms with Gasteiger partial charge in [-0.3, -0.25) is 0 Å². The summed E-state index contributed by atoms with van der Waals surface area (Å²) in [6.07, 6.45) is 0. The van der Waals surface area contributed by atoms with E-state index < -0.39 is 5.97 Å². The molecule has 1 N–H and O–H groups in total. The lowest BCUT2D eigenvalue weighted by molar-refractivity contribution is 0.0690. The molecular weight excluding hydrogens is 306 g/mol. The first kappa shape index (κ1) is 16.0. The summed E-state index contributed by atoms with van der Waals surface area (Å²) in [5.74, 6) is -0.162. The zero-order valence-corrected chi connectivity index (χ0v) is 14.1. The molecule has 0 spiro atoms. The van der Waals surface area contributed by atoms with E-state index in [-0.39, 0.29) is 11.6 Å². The van der Waals surface area contributed by atoms with E-state index in [1.807, 2.05) is 45.0 Å². The van der Waals surface area contributed by atoms with Crippen LogP contribution in [0.3, 0.4) is 0 Å². The highest BCUT2D eigenvalue weighted by molar-refractivity contribution is 5.88. The Bertz CT molecular complexity index is 911. The fourth-order valence-corrected chi connectivity index (χ4v) is 2.76. The normalized spacial score (nSPS) is 11.2. The fraction of sp³-hybridized carbons (Fsp3) is 0.278. The highest BCUT2D eigenvalue weighted by atomic mass is 16.5. The van der Waals surface area contributed by atoms with E-state index in [2.05, 4.69) is 10.1 Å². The van der Waals surface area contributed by atoms with Gasteiger partial charge in [0.2, 0.25) is 0 Å². The van der Waals surface area contributed by atoms with Crippen LogP contribution in [-0.2, 0) is 0 Å². The van der Waals surface area contributed by atoms with E-state index in [1.165, 1.54) is 0 Å². The van der Waals surface area contributed by atoms with Crippen LogP contribution in [0, 0.1) is 6.92 Å². The van der Waals surface area contributed by atoms with Gasteiger partial charge in [-0.05, 0) is 36.6 Å². The zero-order valence-electron chi connectivity index (χ0n) is 14.1. The molecule has 0 bridgehead atoms. The Balaban J connectivity index is 2.31. The van der Waals surface area contributed by atoms with Crippen molar-refractivity contribution in [1.82, 2.24) is 14.6 Å². The Morgan fingerprint density at radius 1 is 1.25 bits per heavy atom. The highest BCUT2D eigenvalue weighted by Crippen LogP contribution is 2.30. The number of methoxy groups -OCH3 is 1. The molecule has 0 aliphatic heterocycles. The van der Waals surface area contributed by atoms with Gasteiger partial charge in [0.15, 0.2) is 11.3 Å². The van der Waals surface area contributed by atoms with Gasteiger partial charge in [0, 0.05) is 11.3 Å². The van der Waals surface area contributed by atoms with Crippen molar-refractivity contribution < 1.29 is 14.6 Å². The molecule has 24 heavy (non-hydrogen) atoms. The highest BCUT2D eigenvalue weighted by Gasteiger charge is 2.20. The number of aromatic nitrogens is 3. The van der Waals surface area contributed by atoms with Gasteiger partial charge in [-0.1, -0.05) is 26.0 Å². The van der Waals surface area contributed by atoms with Crippen molar-refractivity contribution in [2.24, 2.45) is 0 Å². The molecule has 0 amide bonds. The van der Waals surface area contributed by atoms with E-state index in [0.717, 1.165) is 28.3 Å². The number of ether oxygens (including phenoxy) is 1. The first-order valence-corrected chi connectivity index (χ1v) is 7.70. The van der Waals surface area contributed by atoms with Gasteiger partial charge in [0.05, 0.1) is 12.8 Å². The van der Waals surface area contributed by atoms with Crippen LogP contribution >= 0.6 is 0 Å². The van der Waals surface area contributed by atoms with Crippen molar-refractivity contribution in [3.05, 3.63) is 47.4 Å². The van der Waals surface area contributed by atoms with E-state index in [1.54, 1.807) is 17.7 Å². The minimum Gasteiger partial charge on any atom is -0.497 e. The van der Waals surface area contributed by atoms with Gasteiger partial charge in [-0.2, -0.15) is 5.10 Å². The average Bonchev–Trinajstić information content (AvgIpc) is 2.89. The van der Waals surface area contributed by atoms with E-state index >= 15 is 0 Å². The monoisotopic (exact) mass is 325 g/mol. The number of hydrogen-bond donors (Lipinski definition) is 1. The van der Waals surface area contributed by atoms with Gasteiger partial charge in [-0.25, -0.2) is 14.3 Å². The third-order valence-corrected chi connectivity index (χ3v) is 3.98. The molecule has 0 radical (unpaired) electrons. The second-order valence-electron chi connectivity index (χ2n) is 5.95. The quantitative estimate of drug-likeness (QED) is 0.794.